The lowest BCUT2D eigenvalue weighted by Gasteiger charge is -2.28. The predicted octanol–water partition coefficient (Wildman–Crippen LogP) is 2.76. The summed E-state index contributed by atoms with van der Waals surface area (Å²) in [4.78, 5) is 15.0. The molecular weight excluding hydrogens is 300 g/mol. The van der Waals surface area contributed by atoms with Crippen molar-refractivity contribution in [1.29, 1.82) is 0 Å². The van der Waals surface area contributed by atoms with Gasteiger partial charge < -0.3 is 20.1 Å². The minimum atomic E-state index is -0.577. The van der Waals surface area contributed by atoms with Crippen molar-refractivity contribution in [3.8, 4) is 0 Å². The van der Waals surface area contributed by atoms with Gasteiger partial charge in [0.15, 0.2) is 0 Å². The maximum Gasteiger partial charge on any atom is 0.410 e. The lowest BCUT2D eigenvalue weighted by Crippen LogP contribution is -2.43. The van der Waals surface area contributed by atoms with Gasteiger partial charge in [-0.05, 0) is 51.6 Å². The number of aryl methyl sites for hydroxylation is 1. The zero-order valence-electron chi connectivity index (χ0n) is 14.2. The molecular formula is C16H28N2O3S. The van der Waals surface area contributed by atoms with Gasteiger partial charge in [-0.15, -0.1) is 11.3 Å². The molecule has 0 spiro atoms. The topological polar surface area (TPSA) is 61.8 Å². The fraction of sp³-hybridized carbons (Fsp3) is 0.688. The highest BCUT2D eigenvalue weighted by Gasteiger charge is 2.22. The van der Waals surface area contributed by atoms with Crippen molar-refractivity contribution in [2.45, 2.75) is 52.9 Å². The van der Waals surface area contributed by atoms with E-state index in [0.717, 1.165) is 6.54 Å². The molecule has 0 saturated heterocycles. The van der Waals surface area contributed by atoms with Crippen molar-refractivity contribution in [1.82, 2.24) is 10.2 Å². The molecule has 2 N–H and O–H groups in total. The molecule has 1 aromatic heterocycles. The highest BCUT2D eigenvalue weighted by Crippen LogP contribution is 2.14. The number of aliphatic hydroxyl groups is 1. The fourth-order valence-electron chi connectivity index (χ4n) is 1.90. The van der Waals surface area contributed by atoms with E-state index in [1.165, 1.54) is 10.4 Å². The molecule has 0 aromatic carbocycles. The molecule has 0 radical (unpaired) electrons. The first-order valence-electron chi connectivity index (χ1n) is 7.58. The van der Waals surface area contributed by atoms with Gasteiger partial charge in [0.2, 0.25) is 0 Å². The first-order valence-corrected chi connectivity index (χ1v) is 8.46. The smallest absolute Gasteiger partial charge is 0.410 e. The standard InChI is InChI=1S/C16H28N2O3S/c1-12-6-9-22-14(12)10-17-7-8-18(11-13(2)19)15(20)21-16(3,4)5/h6,9,13,17,19H,7-8,10-11H2,1-5H3. The van der Waals surface area contributed by atoms with Crippen LogP contribution in [0.5, 0.6) is 0 Å². The molecule has 0 bridgehead atoms. The maximum atomic E-state index is 12.1. The van der Waals surface area contributed by atoms with Crippen LogP contribution in [0.2, 0.25) is 0 Å². The molecule has 0 fully saturated rings. The van der Waals surface area contributed by atoms with Crippen LogP contribution in [0.1, 0.15) is 38.1 Å². The molecule has 0 aliphatic rings. The van der Waals surface area contributed by atoms with Gasteiger partial charge in [0.25, 0.3) is 0 Å². The zero-order chi connectivity index (χ0) is 16.8. The van der Waals surface area contributed by atoms with E-state index in [2.05, 4.69) is 23.7 Å². The Hall–Kier alpha value is -1.11. The van der Waals surface area contributed by atoms with Gasteiger partial charge in [0, 0.05) is 31.1 Å². The van der Waals surface area contributed by atoms with Crippen LogP contribution < -0.4 is 5.32 Å². The van der Waals surface area contributed by atoms with E-state index in [4.69, 9.17) is 4.74 Å². The number of carbonyl (C=O) groups excluding carboxylic acids is 1. The Morgan fingerprint density at radius 1 is 1.50 bits per heavy atom. The third-order valence-electron chi connectivity index (χ3n) is 2.95. The third kappa shape index (κ3) is 7.24. The molecule has 126 valence electrons. The summed E-state index contributed by atoms with van der Waals surface area (Å²) in [5.74, 6) is 0. The molecule has 1 unspecified atom stereocenters. The van der Waals surface area contributed by atoms with Crippen molar-refractivity contribution in [3.05, 3.63) is 21.9 Å². The number of carbonyl (C=O) groups is 1. The maximum absolute atomic E-state index is 12.1. The summed E-state index contributed by atoms with van der Waals surface area (Å²) in [7, 11) is 0. The van der Waals surface area contributed by atoms with Crippen LogP contribution in [0, 0.1) is 6.92 Å². The predicted molar refractivity (Wildman–Crippen MR) is 90.3 cm³/mol. The molecule has 0 aliphatic heterocycles. The van der Waals surface area contributed by atoms with Crippen LogP contribution in [0.25, 0.3) is 0 Å². The first-order chi connectivity index (χ1) is 10.2. The highest BCUT2D eigenvalue weighted by molar-refractivity contribution is 7.10. The largest absolute Gasteiger partial charge is 0.444 e. The Morgan fingerprint density at radius 2 is 2.18 bits per heavy atom. The number of nitrogens with zero attached hydrogens (tertiary/aromatic N) is 1. The average molecular weight is 328 g/mol. The Kier molecular flexibility index (Phi) is 7.32. The SMILES string of the molecule is Cc1ccsc1CNCCN(CC(C)O)C(=O)OC(C)(C)C. The van der Waals surface area contributed by atoms with Crippen LogP contribution in [0.3, 0.4) is 0 Å². The number of rotatable bonds is 7. The van der Waals surface area contributed by atoms with Gasteiger partial charge in [-0.25, -0.2) is 4.79 Å². The second-order valence-electron chi connectivity index (χ2n) is 6.48. The van der Waals surface area contributed by atoms with Crippen molar-refractivity contribution in [3.63, 3.8) is 0 Å². The van der Waals surface area contributed by atoms with E-state index in [0.29, 0.717) is 13.1 Å². The number of amides is 1. The van der Waals surface area contributed by atoms with E-state index < -0.39 is 11.7 Å². The number of hydrogen-bond donors (Lipinski definition) is 2. The normalized spacial score (nSPS) is 13.0. The Bertz CT molecular complexity index is 466. The van der Waals surface area contributed by atoms with Crippen molar-refractivity contribution in [2.24, 2.45) is 0 Å². The summed E-state index contributed by atoms with van der Waals surface area (Å²) in [6.07, 6.45) is -0.963. The summed E-state index contributed by atoms with van der Waals surface area (Å²) in [6.45, 7) is 11.5. The van der Waals surface area contributed by atoms with Crippen LogP contribution in [-0.4, -0.2) is 47.4 Å². The molecule has 0 aliphatic carbocycles. The molecule has 0 saturated carbocycles. The minimum Gasteiger partial charge on any atom is -0.444 e. The lowest BCUT2D eigenvalue weighted by molar-refractivity contribution is 0.0164. The molecule has 1 amide bonds. The van der Waals surface area contributed by atoms with Crippen LogP contribution in [0.4, 0.5) is 4.79 Å². The fourth-order valence-corrected chi connectivity index (χ4v) is 2.78. The third-order valence-corrected chi connectivity index (χ3v) is 3.97. The number of thiophene rings is 1. The summed E-state index contributed by atoms with van der Waals surface area (Å²) in [5.41, 5.74) is 0.751. The monoisotopic (exact) mass is 328 g/mol. The summed E-state index contributed by atoms with van der Waals surface area (Å²) in [5, 5.41) is 15.0. The second kappa shape index (κ2) is 8.50. The lowest BCUT2D eigenvalue weighted by atomic mass is 10.2. The van der Waals surface area contributed by atoms with E-state index in [1.807, 2.05) is 20.8 Å². The van der Waals surface area contributed by atoms with E-state index in [1.54, 1.807) is 23.2 Å². The number of ether oxygens (including phenoxy) is 1. The van der Waals surface area contributed by atoms with Crippen molar-refractivity contribution >= 4 is 17.4 Å². The number of aliphatic hydroxyl groups excluding tert-OH is 1. The van der Waals surface area contributed by atoms with E-state index in [9.17, 15) is 9.90 Å². The molecule has 22 heavy (non-hydrogen) atoms. The van der Waals surface area contributed by atoms with E-state index in [-0.39, 0.29) is 12.6 Å². The van der Waals surface area contributed by atoms with Crippen LogP contribution >= 0.6 is 11.3 Å². The van der Waals surface area contributed by atoms with Crippen LogP contribution in [0.15, 0.2) is 11.4 Å². The highest BCUT2D eigenvalue weighted by atomic mass is 32.1. The summed E-state index contributed by atoms with van der Waals surface area (Å²) < 4.78 is 5.37. The minimum absolute atomic E-state index is 0.272. The van der Waals surface area contributed by atoms with E-state index >= 15 is 0 Å². The van der Waals surface area contributed by atoms with Gasteiger partial charge in [-0.3, -0.25) is 0 Å². The molecule has 1 aromatic rings. The van der Waals surface area contributed by atoms with Crippen molar-refractivity contribution < 1.29 is 14.6 Å². The van der Waals surface area contributed by atoms with Crippen LogP contribution in [-0.2, 0) is 11.3 Å². The van der Waals surface area contributed by atoms with Crippen molar-refractivity contribution in [2.75, 3.05) is 19.6 Å². The first kappa shape index (κ1) is 18.9. The average Bonchev–Trinajstić information content (AvgIpc) is 2.76. The molecule has 1 rings (SSSR count). The quantitative estimate of drug-likeness (QED) is 0.756. The zero-order valence-corrected chi connectivity index (χ0v) is 15.0. The number of hydrogen-bond acceptors (Lipinski definition) is 5. The number of nitrogens with one attached hydrogen (secondary N) is 1. The Morgan fingerprint density at radius 3 is 2.68 bits per heavy atom. The van der Waals surface area contributed by atoms with Gasteiger partial charge >= 0.3 is 6.09 Å². The Labute approximate surface area is 137 Å². The second-order valence-corrected chi connectivity index (χ2v) is 7.48. The summed E-state index contributed by atoms with van der Waals surface area (Å²) >= 11 is 1.73. The van der Waals surface area contributed by atoms with Gasteiger partial charge in [-0.2, -0.15) is 0 Å². The molecule has 1 heterocycles. The molecule has 6 heteroatoms. The molecule has 5 nitrogen and oxygen atoms in total. The van der Waals surface area contributed by atoms with Gasteiger partial charge in [0.05, 0.1) is 6.10 Å². The van der Waals surface area contributed by atoms with Gasteiger partial charge in [0.1, 0.15) is 5.60 Å². The molecule has 1 atom stereocenters. The van der Waals surface area contributed by atoms with Gasteiger partial charge in [-0.1, -0.05) is 0 Å². The summed E-state index contributed by atoms with van der Waals surface area (Å²) in [6, 6.07) is 2.10. The Balaban J connectivity index is 2.44.